The van der Waals surface area contributed by atoms with E-state index in [2.05, 4.69) is 24.7 Å². The molecule has 0 atom stereocenters. The number of H-pyrrole nitrogens is 1. The molecule has 0 aliphatic rings. The fourth-order valence-corrected chi connectivity index (χ4v) is 3.68. The van der Waals surface area contributed by atoms with Crippen LogP contribution in [0.2, 0.25) is 0 Å². The largest absolute Gasteiger partial charge is 0.361 e. The lowest BCUT2D eigenvalue weighted by atomic mass is 10.2. The van der Waals surface area contributed by atoms with E-state index in [-0.39, 0.29) is 10.8 Å². The van der Waals surface area contributed by atoms with Gasteiger partial charge in [-0.2, -0.15) is 0 Å². The summed E-state index contributed by atoms with van der Waals surface area (Å²) in [4.78, 5) is 15.7. The molecule has 2 heterocycles. The molecular formula is C20H17N5O2S. The molecule has 0 fully saturated rings. The summed E-state index contributed by atoms with van der Waals surface area (Å²) in [6.45, 7) is 1.76. The number of hydrogen-bond donors (Lipinski definition) is 2. The van der Waals surface area contributed by atoms with Gasteiger partial charge in [0.25, 0.3) is 10.0 Å². The summed E-state index contributed by atoms with van der Waals surface area (Å²) in [5, 5.41) is 1.08. The zero-order valence-electron chi connectivity index (χ0n) is 15.0. The number of hydrogen-bond acceptors (Lipinski definition) is 5. The third-order valence-electron chi connectivity index (χ3n) is 4.14. The lowest BCUT2D eigenvalue weighted by Crippen LogP contribution is -2.15. The number of aromatic nitrogens is 3. The van der Waals surface area contributed by atoms with E-state index in [1.165, 1.54) is 18.3 Å². The number of anilines is 1. The second-order valence-corrected chi connectivity index (χ2v) is 7.85. The first-order valence-corrected chi connectivity index (χ1v) is 10.0. The summed E-state index contributed by atoms with van der Waals surface area (Å²) in [6.07, 6.45) is 5.14. The van der Waals surface area contributed by atoms with Gasteiger partial charge < -0.3 is 4.98 Å². The van der Waals surface area contributed by atoms with Crippen LogP contribution in [0.15, 0.2) is 76.9 Å². The Morgan fingerprint density at radius 3 is 2.64 bits per heavy atom. The van der Waals surface area contributed by atoms with E-state index in [4.69, 9.17) is 0 Å². The predicted octanol–water partition coefficient (Wildman–Crippen LogP) is 3.82. The fourth-order valence-electron chi connectivity index (χ4n) is 2.73. The number of nitrogens with one attached hydrogen (secondary N) is 2. The highest BCUT2D eigenvalue weighted by molar-refractivity contribution is 7.92. The van der Waals surface area contributed by atoms with Gasteiger partial charge in [-0.15, -0.1) is 0 Å². The highest BCUT2D eigenvalue weighted by Crippen LogP contribution is 2.20. The first-order valence-electron chi connectivity index (χ1n) is 8.54. The molecule has 2 N–H and O–H groups in total. The highest BCUT2D eigenvalue weighted by Gasteiger charge is 2.15. The topological polar surface area (TPSA) is 100 Å². The molecule has 7 nitrogen and oxygen atoms in total. The summed E-state index contributed by atoms with van der Waals surface area (Å²) in [5.41, 5.74) is 3.33. The first kappa shape index (κ1) is 17.9. The number of aryl methyl sites for hydroxylation is 1. The summed E-state index contributed by atoms with van der Waals surface area (Å²) >= 11 is 0. The normalized spacial score (nSPS) is 11.9. The number of benzene rings is 2. The maximum atomic E-state index is 12.5. The summed E-state index contributed by atoms with van der Waals surface area (Å²) < 4.78 is 27.3. The Labute approximate surface area is 162 Å². The van der Waals surface area contributed by atoms with Crippen LogP contribution in [0.25, 0.3) is 10.9 Å². The molecule has 0 saturated carbocycles. The molecule has 4 rings (SSSR count). The molecule has 8 heteroatoms. The van der Waals surface area contributed by atoms with Gasteiger partial charge in [-0.3, -0.25) is 4.99 Å². The maximum absolute atomic E-state index is 12.5. The van der Waals surface area contributed by atoms with E-state index < -0.39 is 10.0 Å². The average molecular weight is 391 g/mol. The predicted molar refractivity (Wildman–Crippen MR) is 110 cm³/mol. The lowest BCUT2D eigenvalue weighted by Gasteiger charge is -2.07. The van der Waals surface area contributed by atoms with Crippen LogP contribution in [0.4, 0.5) is 11.6 Å². The van der Waals surface area contributed by atoms with Gasteiger partial charge >= 0.3 is 0 Å². The maximum Gasteiger partial charge on any atom is 0.264 e. The third kappa shape index (κ3) is 3.77. The molecule has 0 bridgehead atoms. The van der Waals surface area contributed by atoms with Crippen LogP contribution in [-0.2, 0) is 10.0 Å². The van der Waals surface area contributed by atoms with Gasteiger partial charge in [-0.1, -0.05) is 18.2 Å². The Hall–Kier alpha value is -3.52. The standard InChI is InChI=1S/C20H17N5O2S/c1-14-10-11-21-20(24-14)25-28(26,27)17-8-6-16(7-9-17)22-12-15-13-23-19-5-3-2-4-18(15)19/h2-13,23H,1H3,(H,21,24,25). The van der Waals surface area contributed by atoms with Crippen molar-refractivity contribution < 1.29 is 8.42 Å². The molecule has 2 aromatic heterocycles. The Kier molecular flexibility index (Phi) is 4.62. The molecule has 0 aliphatic carbocycles. The van der Waals surface area contributed by atoms with Crippen LogP contribution in [0, 0.1) is 6.92 Å². The second-order valence-electron chi connectivity index (χ2n) is 6.17. The van der Waals surface area contributed by atoms with E-state index in [0.29, 0.717) is 11.4 Å². The van der Waals surface area contributed by atoms with Crippen LogP contribution < -0.4 is 4.72 Å². The van der Waals surface area contributed by atoms with Crippen LogP contribution in [-0.4, -0.2) is 29.6 Å². The van der Waals surface area contributed by atoms with Gasteiger partial charge in [0.05, 0.1) is 10.6 Å². The average Bonchev–Trinajstić information content (AvgIpc) is 3.10. The first-order chi connectivity index (χ1) is 13.5. The number of para-hydroxylation sites is 1. The third-order valence-corrected chi connectivity index (χ3v) is 5.49. The highest BCUT2D eigenvalue weighted by atomic mass is 32.2. The minimum absolute atomic E-state index is 0.0430. The molecule has 28 heavy (non-hydrogen) atoms. The Balaban J connectivity index is 1.53. The van der Waals surface area contributed by atoms with Crippen molar-refractivity contribution in [3.63, 3.8) is 0 Å². The molecular weight excluding hydrogens is 374 g/mol. The van der Waals surface area contributed by atoms with Gasteiger partial charge in [0.2, 0.25) is 5.95 Å². The van der Waals surface area contributed by atoms with Crippen molar-refractivity contribution in [1.29, 1.82) is 0 Å². The second kappa shape index (κ2) is 7.24. The molecule has 2 aromatic carbocycles. The summed E-state index contributed by atoms with van der Waals surface area (Å²) in [7, 11) is -3.77. The van der Waals surface area contributed by atoms with Crippen LogP contribution in [0.3, 0.4) is 0 Å². The Morgan fingerprint density at radius 2 is 1.86 bits per heavy atom. The number of aliphatic imine (C=N–C) groups is 1. The van der Waals surface area contributed by atoms with Crippen molar-refractivity contribution in [1.82, 2.24) is 15.0 Å². The molecule has 4 aromatic rings. The molecule has 0 amide bonds. The van der Waals surface area contributed by atoms with Gasteiger partial charge in [0, 0.05) is 40.8 Å². The van der Waals surface area contributed by atoms with Crippen molar-refractivity contribution in [3.8, 4) is 0 Å². The van der Waals surface area contributed by atoms with Gasteiger partial charge in [-0.05, 0) is 43.3 Å². The van der Waals surface area contributed by atoms with E-state index >= 15 is 0 Å². The van der Waals surface area contributed by atoms with Crippen molar-refractivity contribution in [2.24, 2.45) is 4.99 Å². The number of rotatable bonds is 5. The molecule has 0 radical (unpaired) electrons. The molecule has 140 valence electrons. The summed E-state index contributed by atoms with van der Waals surface area (Å²) in [6, 6.07) is 15.9. The summed E-state index contributed by atoms with van der Waals surface area (Å²) in [5.74, 6) is 0.0430. The number of aromatic amines is 1. The molecule has 0 spiro atoms. The zero-order chi connectivity index (χ0) is 19.6. The molecule has 0 aliphatic heterocycles. The van der Waals surface area contributed by atoms with Crippen LogP contribution in [0.1, 0.15) is 11.3 Å². The smallest absolute Gasteiger partial charge is 0.264 e. The van der Waals surface area contributed by atoms with Crippen molar-refractivity contribution in [2.45, 2.75) is 11.8 Å². The monoisotopic (exact) mass is 391 g/mol. The number of fused-ring (bicyclic) bond motifs is 1. The van der Waals surface area contributed by atoms with E-state index in [9.17, 15) is 8.42 Å². The van der Waals surface area contributed by atoms with Crippen molar-refractivity contribution in [3.05, 3.63) is 78.2 Å². The molecule has 0 unspecified atom stereocenters. The SMILES string of the molecule is Cc1ccnc(NS(=O)(=O)c2ccc(N=Cc3c[nH]c4ccccc34)cc2)n1. The van der Waals surface area contributed by atoms with E-state index in [1.807, 2.05) is 30.5 Å². The van der Waals surface area contributed by atoms with Crippen molar-refractivity contribution >= 4 is 38.8 Å². The van der Waals surface area contributed by atoms with Gasteiger partial charge in [-0.25, -0.2) is 23.1 Å². The van der Waals surface area contributed by atoms with E-state index in [0.717, 1.165) is 16.5 Å². The van der Waals surface area contributed by atoms with E-state index in [1.54, 1.807) is 31.3 Å². The zero-order valence-corrected chi connectivity index (χ0v) is 15.8. The molecule has 0 saturated heterocycles. The minimum atomic E-state index is -3.77. The quantitative estimate of drug-likeness (QED) is 0.505. The Bertz CT molecular complexity index is 1260. The number of sulfonamides is 1. The van der Waals surface area contributed by atoms with Crippen LogP contribution >= 0.6 is 0 Å². The van der Waals surface area contributed by atoms with Crippen molar-refractivity contribution in [2.75, 3.05) is 4.72 Å². The van der Waals surface area contributed by atoms with Gasteiger partial charge in [0.1, 0.15) is 0 Å². The Morgan fingerprint density at radius 1 is 1.07 bits per heavy atom. The van der Waals surface area contributed by atoms with Crippen LogP contribution in [0.5, 0.6) is 0 Å². The van der Waals surface area contributed by atoms with Gasteiger partial charge in [0.15, 0.2) is 0 Å². The minimum Gasteiger partial charge on any atom is -0.361 e. The lowest BCUT2D eigenvalue weighted by molar-refractivity contribution is 0.601. The number of nitrogens with zero attached hydrogens (tertiary/aromatic N) is 3. The fraction of sp³-hybridized carbons (Fsp3) is 0.0500.